The molecular formula is C16H17NO4. The lowest BCUT2D eigenvalue weighted by molar-refractivity contribution is 0.0599. The Balaban J connectivity index is 2.65. The monoisotopic (exact) mass is 287 g/mol. The summed E-state index contributed by atoms with van der Waals surface area (Å²) in [4.78, 5) is 23.6. The Bertz CT molecular complexity index is 647. The van der Waals surface area contributed by atoms with Gasteiger partial charge in [-0.15, -0.1) is 0 Å². The quantitative estimate of drug-likeness (QED) is 0.814. The molecule has 0 bridgehead atoms. The van der Waals surface area contributed by atoms with E-state index in [-0.39, 0.29) is 0 Å². The van der Waals surface area contributed by atoms with Gasteiger partial charge in [-0.2, -0.15) is 0 Å². The van der Waals surface area contributed by atoms with Gasteiger partial charge < -0.3 is 14.0 Å². The second kappa shape index (κ2) is 5.83. The number of esters is 2. The van der Waals surface area contributed by atoms with Gasteiger partial charge in [0.15, 0.2) is 0 Å². The molecule has 21 heavy (non-hydrogen) atoms. The van der Waals surface area contributed by atoms with Crippen molar-refractivity contribution in [2.24, 2.45) is 0 Å². The number of carbonyl (C=O) groups excluding carboxylic acids is 2. The predicted molar refractivity (Wildman–Crippen MR) is 77.9 cm³/mol. The molecule has 1 heterocycles. The number of carbonyl (C=O) groups is 2. The van der Waals surface area contributed by atoms with Crippen LogP contribution in [0.1, 0.15) is 32.1 Å². The molecule has 0 fully saturated rings. The van der Waals surface area contributed by atoms with Gasteiger partial charge in [-0.3, -0.25) is 0 Å². The lowest BCUT2D eigenvalue weighted by Gasteiger charge is -2.12. The molecule has 0 aliphatic rings. The molecule has 5 heteroatoms. The van der Waals surface area contributed by atoms with Gasteiger partial charge in [0.1, 0.15) is 0 Å². The Kier molecular flexibility index (Phi) is 4.12. The molecule has 0 saturated heterocycles. The second-order valence-electron chi connectivity index (χ2n) is 4.70. The molecule has 110 valence electrons. The number of aryl methyl sites for hydroxylation is 2. The van der Waals surface area contributed by atoms with E-state index in [9.17, 15) is 9.59 Å². The average molecular weight is 287 g/mol. The summed E-state index contributed by atoms with van der Waals surface area (Å²) < 4.78 is 11.4. The van der Waals surface area contributed by atoms with E-state index < -0.39 is 11.9 Å². The zero-order chi connectivity index (χ0) is 15.6. The van der Waals surface area contributed by atoms with Crippen LogP contribution in [0.5, 0.6) is 0 Å². The van der Waals surface area contributed by atoms with Crippen LogP contribution in [0.2, 0.25) is 0 Å². The van der Waals surface area contributed by atoms with Crippen molar-refractivity contribution in [1.29, 1.82) is 0 Å². The Hall–Kier alpha value is -2.56. The van der Waals surface area contributed by atoms with Gasteiger partial charge in [-0.25, -0.2) is 9.59 Å². The van der Waals surface area contributed by atoms with Crippen LogP contribution in [0, 0.1) is 13.8 Å². The van der Waals surface area contributed by atoms with Crippen LogP contribution in [0.3, 0.4) is 0 Å². The van der Waals surface area contributed by atoms with E-state index in [2.05, 4.69) is 0 Å². The Morgan fingerprint density at radius 1 is 0.857 bits per heavy atom. The van der Waals surface area contributed by atoms with Crippen molar-refractivity contribution in [3.8, 4) is 5.69 Å². The van der Waals surface area contributed by atoms with E-state index in [1.54, 1.807) is 12.1 Å². The summed E-state index contributed by atoms with van der Waals surface area (Å²) in [5.74, 6) is -0.992. The number of methoxy groups -OCH3 is 2. The van der Waals surface area contributed by atoms with E-state index >= 15 is 0 Å². The van der Waals surface area contributed by atoms with Gasteiger partial charge in [0.25, 0.3) is 0 Å². The van der Waals surface area contributed by atoms with E-state index in [1.165, 1.54) is 20.3 Å². The zero-order valence-electron chi connectivity index (χ0n) is 12.5. The molecule has 0 spiro atoms. The summed E-state index contributed by atoms with van der Waals surface area (Å²) in [5.41, 5.74) is 3.35. The van der Waals surface area contributed by atoms with Crippen LogP contribution in [-0.2, 0) is 9.47 Å². The smallest absolute Gasteiger partial charge is 0.337 e. The lowest BCUT2D eigenvalue weighted by atomic mass is 10.1. The highest BCUT2D eigenvalue weighted by Gasteiger charge is 2.15. The number of aromatic nitrogens is 1. The number of nitrogens with zero attached hydrogens (tertiary/aromatic N) is 1. The van der Waals surface area contributed by atoms with E-state index in [0.717, 1.165) is 17.1 Å². The molecule has 0 radical (unpaired) electrons. The van der Waals surface area contributed by atoms with Crippen LogP contribution >= 0.6 is 0 Å². The molecule has 0 atom stereocenters. The van der Waals surface area contributed by atoms with Crippen LogP contribution in [0.15, 0.2) is 30.3 Å². The van der Waals surface area contributed by atoms with Crippen molar-refractivity contribution in [1.82, 2.24) is 4.57 Å². The van der Waals surface area contributed by atoms with Crippen molar-refractivity contribution in [3.05, 3.63) is 52.8 Å². The average Bonchev–Trinajstić information content (AvgIpc) is 2.84. The summed E-state index contributed by atoms with van der Waals surface area (Å²) in [5, 5.41) is 0. The van der Waals surface area contributed by atoms with Crippen molar-refractivity contribution in [2.45, 2.75) is 13.8 Å². The maximum Gasteiger partial charge on any atom is 0.337 e. The zero-order valence-corrected chi connectivity index (χ0v) is 12.5. The van der Waals surface area contributed by atoms with Crippen molar-refractivity contribution in [3.63, 3.8) is 0 Å². The van der Waals surface area contributed by atoms with Gasteiger partial charge >= 0.3 is 11.9 Å². The Labute approximate surface area is 123 Å². The summed E-state index contributed by atoms with van der Waals surface area (Å²) in [6.07, 6.45) is 0. The third-order valence-corrected chi connectivity index (χ3v) is 3.29. The van der Waals surface area contributed by atoms with E-state index in [1.807, 2.05) is 30.5 Å². The minimum atomic E-state index is -0.496. The maximum absolute atomic E-state index is 11.8. The fourth-order valence-corrected chi connectivity index (χ4v) is 2.29. The number of ether oxygens (including phenoxy) is 2. The van der Waals surface area contributed by atoms with Gasteiger partial charge in [0.05, 0.1) is 25.3 Å². The molecule has 0 N–H and O–H groups in total. The minimum Gasteiger partial charge on any atom is -0.465 e. The van der Waals surface area contributed by atoms with Crippen LogP contribution in [0.25, 0.3) is 5.69 Å². The van der Waals surface area contributed by atoms with Gasteiger partial charge in [0.2, 0.25) is 0 Å². The molecular weight excluding hydrogens is 270 g/mol. The molecule has 0 aliphatic carbocycles. The lowest BCUT2D eigenvalue weighted by Crippen LogP contribution is -2.09. The third-order valence-electron chi connectivity index (χ3n) is 3.29. The molecule has 0 unspecified atom stereocenters. The number of rotatable bonds is 3. The first-order chi connectivity index (χ1) is 9.97. The first-order valence-corrected chi connectivity index (χ1v) is 6.45. The molecule has 1 aromatic carbocycles. The highest BCUT2D eigenvalue weighted by Crippen LogP contribution is 2.20. The fraction of sp³-hybridized carbons (Fsp3) is 0.250. The number of hydrogen-bond acceptors (Lipinski definition) is 4. The van der Waals surface area contributed by atoms with Crippen molar-refractivity contribution >= 4 is 11.9 Å². The molecule has 0 saturated carbocycles. The highest BCUT2D eigenvalue weighted by molar-refractivity contribution is 5.96. The Morgan fingerprint density at radius 3 is 1.67 bits per heavy atom. The topological polar surface area (TPSA) is 57.5 Å². The van der Waals surface area contributed by atoms with Gasteiger partial charge in [0, 0.05) is 17.1 Å². The van der Waals surface area contributed by atoms with Crippen molar-refractivity contribution < 1.29 is 19.1 Å². The standard InChI is InChI=1S/C16H17NO4/c1-10-5-6-11(2)17(10)14-8-12(15(18)20-3)7-13(9-14)16(19)21-4/h5-9H,1-4H3. The SMILES string of the molecule is COC(=O)c1cc(C(=O)OC)cc(-n2c(C)ccc2C)c1. The van der Waals surface area contributed by atoms with Crippen LogP contribution < -0.4 is 0 Å². The summed E-state index contributed by atoms with van der Waals surface area (Å²) in [6.45, 7) is 3.91. The molecule has 0 amide bonds. The van der Waals surface area contributed by atoms with E-state index in [0.29, 0.717) is 11.1 Å². The number of hydrogen-bond donors (Lipinski definition) is 0. The predicted octanol–water partition coefficient (Wildman–Crippen LogP) is 2.67. The molecule has 1 aromatic heterocycles. The van der Waals surface area contributed by atoms with Gasteiger partial charge in [-0.1, -0.05) is 0 Å². The fourth-order valence-electron chi connectivity index (χ4n) is 2.29. The van der Waals surface area contributed by atoms with Crippen LogP contribution in [-0.4, -0.2) is 30.7 Å². The highest BCUT2D eigenvalue weighted by atomic mass is 16.5. The second-order valence-corrected chi connectivity index (χ2v) is 4.70. The maximum atomic E-state index is 11.8. The first-order valence-electron chi connectivity index (χ1n) is 6.45. The van der Waals surface area contributed by atoms with E-state index in [4.69, 9.17) is 9.47 Å². The molecule has 5 nitrogen and oxygen atoms in total. The summed E-state index contributed by atoms with van der Waals surface area (Å²) >= 11 is 0. The largest absolute Gasteiger partial charge is 0.465 e. The molecule has 0 aliphatic heterocycles. The first kappa shape index (κ1) is 14.8. The number of benzene rings is 1. The minimum absolute atomic E-state index is 0.308. The van der Waals surface area contributed by atoms with Gasteiger partial charge in [-0.05, 0) is 44.2 Å². The summed E-state index contributed by atoms with van der Waals surface area (Å²) in [7, 11) is 2.61. The molecule has 2 aromatic rings. The molecule has 2 rings (SSSR count). The van der Waals surface area contributed by atoms with Crippen LogP contribution in [0.4, 0.5) is 0 Å². The Morgan fingerprint density at radius 2 is 1.29 bits per heavy atom. The normalized spacial score (nSPS) is 10.3. The van der Waals surface area contributed by atoms with Crippen molar-refractivity contribution in [2.75, 3.05) is 14.2 Å². The third kappa shape index (κ3) is 2.81. The summed E-state index contributed by atoms with van der Waals surface area (Å²) in [6, 6.07) is 8.79.